The molecule has 1 aliphatic rings. The topological polar surface area (TPSA) is 128 Å². The summed E-state index contributed by atoms with van der Waals surface area (Å²) in [7, 11) is 1.61. The highest BCUT2D eigenvalue weighted by Crippen LogP contribution is 2.22. The van der Waals surface area contributed by atoms with Crippen LogP contribution in [0.2, 0.25) is 0 Å². The van der Waals surface area contributed by atoms with E-state index in [-0.39, 0.29) is 28.7 Å². The highest BCUT2D eigenvalue weighted by Gasteiger charge is 2.29. The van der Waals surface area contributed by atoms with Crippen LogP contribution in [-0.2, 0) is 13.6 Å². The molecule has 3 heterocycles. The van der Waals surface area contributed by atoms with E-state index in [0.717, 1.165) is 19.3 Å². The van der Waals surface area contributed by atoms with Crippen LogP contribution in [0.1, 0.15) is 47.2 Å². The predicted octanol–water partition coefficient (Wildman–Crippen LogP) is 1.42. The van der Waals surface area contributed by atoms with Crippen LogP contribution in [0, 0.1) is 10.1 Å². The van der Waals surface area contributed by atoms with Crippen LogP contribution in [0.4, 0.5) is 11.4 Å². The molecule has 11 nitrogen and oxygen atoms in total. The Morgan fingerprint density at radius 2 is 2.00 bits per heavy atom. The summed E-state index contributed by atoms with van der Waals surface area (Å²) < 4.78 is 2.71. The number of piperidine rings is 1. The standard InChI is InChI=1S/C16H21N7O4/c1-3-22-10-12(23(26)27)13(19-22)15(24)18-11-9-17-20(2)14(11)16(25)21-7-5-4-6-8-21/h9-10H,3-8H2,1-2H3,(H,18,24). The van der Waals surface area contributed by atoms with Gasteiger partial charge in [-0.25, -0.2) is 0 Å². The Morgan fingerprint density at radius 1 is 1.30 bits per heavy atom. The van der Waals surface area contributed by atoms with Crippen LogP contribution in [-0.4, -0.2) is 54.3 Å². The highest BCUT2D eigenvalue weighted by molar-refractivity contribution is 6.09. The van der Waals surface area contributed by atoms with E-state index >= 15 is 0 Å². The molecule has 0 spiro atoms. The number of carbonyl (C=O) groups is 2. The molecular weight excluding hydrogens is 354 g/mol. The van der Waals surface area contributed by atoms with E-state index in [1.807, 2.05) is 0 Å². The van der Waals surface area contributed by atoms with Crippen molar-refractivity contribution in [2.45, 2.75) is 32.7 Å². The maximum Gasteiger partial charge on any atom is 0.320 e. The number of nitrogens with zero attached hydrogens (tertiary/aromatic N) is 6. The van der Waals surface area contributed by atoms with Gasteiger partial charge in [0.15, 0.2) is 0 Å². The van der Waals surface area contributed by atoms with Gasteiger partial charge in [-0.15, -0.1) is 0 Å². The third-order valence-electron chi connectivity index (χ3n) is 4.51. The minimum Gasteiger partial charge on any atom is -0.337 e. The van der Waals surface area contributed by atoms with Crippen LogP contribution >= 0.6 is 0 Å². The van der Waals surface area contributed by atoms with Crippen LogP contribution in [0.25, 0.3) is 0 Å². The molecular formula is C16H21N7O4. The van der Waals surface area contributed by atoms with Crippen molar-refractivity contribution in [3.05, 3.63) is 33.9 Å². The number of aryl methyl sites for hydroxylation is 2. The summed E-state index contributed by atoms with van der Waals surface area (Å²) >= 11 is 0. The molecule has 2 aromatic rings. The Morgan fingerprint density at radius 3 is 2.63 bits per heavy atom. The van der Waals surface area contributed by atoms with Gasteiger partial charge in [-0.3, -0.25) is 29.1 Å². The first-order valence-electron chi connectivity index (χ1n) is 8.76. The van der Waals surface area contributed by atoms with E-state index in [0.29, 0.717) is 19.6 Å². The van der Waals surface area contributed by atoms with E-state index in [4.69, 9.17) is 0 Å². The molecule has 2 amide bonds. The first-order chi connectivity index (χ1) is 12.9. The first kappa shape index (κ1) is 18.5. The summed E-state index contributed by atoms with van der Waals surface area (Å²) in [4.78, 5) is 37.7. The van der Waals surface area contributed by atoms with Gasteiger partial charge in [0.2, 0.25) is 5.69 Å². The highest BCUT2D eigenvalue weighted by atomic mass is 16.6. The lowest BCUT2D eigenvalue weighted by Crippen LogP contribution is -2.37. The number of nitro groups is 1. The monoisotopic (exact) mass is 375 g/mol. The fraction of sp³-hybridized carbons (Fsp3) is 0.500. The molecule has 0 unspecified atom stereocenters. The maximum atomic E-state index is 12.8. The third-order valence-corrected chi connectivity index (χ3v) is 4.51. The van der Waals surface area contributed by atoms with Crippen molar-refractivity contribution in [1.82, 2.24) is 24.5 Å². The van der Waals surface area contributed by atoms with Gasteiger partial charge in [0.05, 0.1) is 16.8 Å². The average Bonchev–Trinajstić information content (AvgIpc) is 3.26. The van der Waals surface area contributed by atoms with Crippen molar-refractivity contribution in [3.8, 4) is 0 Å². The van der Waals surface area contributed by atoms with E-state index < -0.39 is 10.8 Å². The van der Waals surface area contributed by atoms with Crippen molar-refractivity contribution < 1.29 is 14.5 Å². The summed E-state index contributed by atoms with van der Waals surface area (Å²) in [6.45, 7) is 3.46. The SMILES string of the molecule is CCn1cc([N+](=O)[O-])c(C(=O)Nc2cnn(C)c2C(=O)N2CCCCC2)n1. The van der Waals surface area contributed by atoms with Crippen molar-refractivity contribution in [3.63, 3.8) is 0 Å². The number of anilines is 1. The molecule has 0 atom stereocenters. The molecule has 144 valence electrons. The lowest BCUT2D eigenvalue weighted by molar-refractivity contribution is -0.385. The fourth-order valence-corrected chi connectivity index (χ4v) is 3.08. The third kappa shape index (κ3) is 3.66. The smallest absolute Gasteiger partial charge is 0.320 e. The van der Waals surface area contributed by atoms with Gasteiger partial charge in [-0.2, -0.15) is 10.2 Å². The Labute approximate surface area is 155 Å². The second-order valence-electron chi connectivity index (χ2n) is 6.31. The Kier molecular flexibility index (Phi) is 5.19. The van der Waals surface area contributed by atoms with Gasteiger partial charge in [0.1, 0.15) is 11.9 Å². The number of hydrogen-bond acceptors (Lipinski definition) is 6. The minimum atomic E-state index is -0.755. The molecule has 0 radical (unpaired) electrons. The molecule has 1 saturated heterocycles. The maximum absolute atomic E-state index is 12.8. The van der Waals surface area contributed by atoms with E-state index in [2.05, 4.69) is 15.5 Å². The number of hydrogen-bond donors (Lipinski definition) is 1. The van der Waals surface area contributed by atoms with Crippen molar-refractivity contribution in [2.75, 3.05) is 18.4 Å². The fourth-order valence-electron chi connectivity index (χ4n) is 3.08. The quantitative estimate of drug-likeness (QED) is 0.622. The van der Waals surface area contributed by atoms with Crippen molar-refractivity contribution in [2.24, 2.45) is 7.05 Å². The van der Waals surface area contributed by atoms with Crippen LogP contribution < -0.4 is 5.32 Å². The van der Waals surface area contributed by atoms with Crippen LogP contribution in [0.5, 0.6) is 0 Å². The lowest BCUT2D eigenvalue weighted by atomic mass is 10.1. The minimum absolute atomic E-state index is 0.207. The van der Waals surface area contributed by atoms with Gasteiger partial charge in [0, 0.05) is 26.7 Å². The number of carbonyl (C=O) groups excluding carboxylic acids is 2. The average molecular weight is 375 g/mol. The summed E-state index contributed by atoms with van der Waals surface area (Å²) in [5, 5.41) is 21.7. The van der Waals surface area contributed by atoms with Crippen molar-refractivity contribution >= 4 is 23.2 Å². The number of likely N-dealkylation sites (tertiary alicyclic amines) is 1. The van der Waals surface area contributed by atoms with Gasteiger partial charge in [-0.05, 0) is 26.2 Å². The summed E-state index contributed by atoms with van der Waals surface area (Å²) in [5.41, 5.74) is -0.245. The zero-order valence-electron chi connectivity index (χ0n) is 15.2. The van der Waals surface area contributed by atoms with Crippen molar-refractivity contribution in [1.29, 1.82) is 0 Å². The molecule has 0 aromatic carbocycles. The Balaban J connectivity index is 1.86. The molecule has 0 aliphatic carbocycles. The number of amides is 2. The second-order valence-corrected chi connectivity index (χ2v) is 6.31. The molecule has 11 heteroatoms. The van der Waals surface area contributed by atoms with Gasteiger partial charge in [-0.1, -0.05) is 0 Å². The molecule has 27 heavy (non-hydrogen) atoms. The number of aromatic nitrogens is 4. The molecule has 1 aliphatic heterocycles. The number of nitrogens with one attached hydrogen (secondary N) is 1. The molecule has 0 bridgehead atoms. The van der Waals surface area contributed by atoms with Crippen LogP contribution in [0.3, 0.4) is 0 Å². The molecule has 1 fully saturated rings. The summed E-state index contributed by atoms with van der Waals surface area (Å²) in [6.07, 6.45) is 5.52. The van der Waals surface area contributed by atoms with Gasteiger partial charge < -0.3 is 10.2 Å². The molecule has 2 aromatic heterocycles. The number of rotatable bonds is 5. The largest absolute Gasteiger partial charge is 0.337 e. The first-order valence-corrected chi connectivity index (χ1v) is 8.76. The molecule has 3 rings (SSSR count). The second kappa shape index (κ2) is 7.56. The summed E-state index contributed by atoms with van der Waals surface area (Å²) in [5.74, 6) is -0.979. The predicted molar refractivity (Wildman–Crippen MR) is 95.5 cm³/mol. The van der Waals surface area contributed by atoms with E-state index in [9.17, 15) is 19.7 Å². The van der Waals surface area contributed by atoms with E-state index in [1.165, 1.54) is 21.8 Å². The Bertz CT molecular complexity index is 879. The Hall–Kier alpha value is -3.24. The zero-order chi connectivity index (χ0) is 19.6. The zero-order valence-corrected chi connectivity index (χ0v) is 15.2. The summed E-state index contributed by atoms with van der Waals surface area (Å²) in [6, 6.07) is 0. The molecule has 1 N–H and O–H groups in total. The van der Waals surface area contributed by atoms with E-state index in [1.54, 1.807) is 18.9 Å². The van der Waals surface area contributed by atoms with Gasteiger partial charge in [0.25, 0.3) is 11.8 Å². The van der Waals surface area contributed by atoms with Gasteiger partial charge >= 0.3 is 5.69 Å². The lowest BCUT2D eigenvalue weighted by Gasteiger charge is -2.26. The molecule has 0 saturated carbocycles. The van der Waals surface area contributed by atoms with Crippen LogP contribution in [0.15, 0.2) is 12.4 Å². The normalized spacial score (nSPS) is 14.2.